The molecule has 0 bridgehead atoms. The molecule has 0 fully saturated rings. The van der Waals surface area contributed by atoms with Gasteiger partial charge in [0.2, 0.25) is 0 Å². The van der Waals surface area contributed by atoms with Crippen molar-refractivity contribution in [3.05, 3.63) is 41.0 Å². The average Bonchev–Trinajstić information content (AvgIpc) is 2.79. The quantitative estimate of drug-likeness (QED) is 0.789. The van der Waals surface area contributed by atoms with E-state index in [1.54, 1.807) is 11.0 Å². The summed E-state index contributed by atoms with van der Waals surface area (Å²) in [6, 6.07) is 5.42. The topological polar surface area (TPSA) is 77.0 Å². The molecule has 0 atom stereocenters. The van der Waals surface area contributed by atoms with Crippen LogP contribution in [0.5, 0.6) is 0 Å². The van der Waals surface area contributed by atoms with Gasteiger partial charge in [0.1, 0.15) is 11.6 Å². The summed E-state index contributed by atoms with van der Waals surface area (Å²) in [6.07, 6.45) is 0. The Bertz CT molecular complexity index is 676. The van der Waals surface area contributed by atoms with E-state index in [9.17, 15) is 4.79 Å². The van der Waals surface area contributed by atoms with E-state index in [1.807, 2.05) is 30.7 Å². The lowest BCUT2D eigenvalue weighted by atomic mass is 10.1. The lowest BCUT2D eigenvalue weighted by Crippen LogP contribution is -2.39. The molecule has 0 spiro atoms. The monoisotopic (exact) mass is 271 g/mol. The molecular formula is C14H17N5O. The third kappa shape index (κ3) is 2.13. The van der Waals surface area contributed by atoms with Crippen LogP contribution in [0, 0.1) is 13.8 Å². The Morgan fingerprint density at radius 1 is 1.30 bits per heavy atom. The van der Waals surface area contributed by atoms with Gasteiger partial charge in [-0.1, -0.05) is 6.07 Å². The Labute approximate surface area is 117 Å². The van der Waals surface area contributed by atoms with Gasteiger partial charge in [-0.3, -0.25) is 4.79 Å². The molecule has 1 aliphatic heterocycles. The van der Waals surface area contributed by atoms with Gasteiger partial charge in [0.15, 0.2) is 0 Å². The van der Waals surface area contributed by atoms with Crippen LogP contribution in [-0.2, 0) is 13.1 Å². The number of nitrogen functional groups attached to an aromatic ring is 1. The molecule has 1 amide bonds. The van der Waals surface area contributed by atoms with Gasteiger partial charge >= 0.3 is 0 Å². The van der Waals surface area contributed by atoms with E-state index >= 15 is 0 Å². The first-order valence-corrected chi connectivity index (χ1v) is 6.60. The van der Waals surface area contributed by atoms with Gasteiger partial charge in [-0.2, -0.15) is 5.10 Å². The van der Waals surface area contributed by atoms with Crippen LogP contribution in [0.4, 0.5) is 5.69 Å². The summed E-state index contributed by atoms with van der Waals surface area (Å²) in [7, 11) is 0. The summed E-state index contributed by atoms with van der Waals surface area (Å²) in [5, 5.41) is 4.30. The number of hydrogen-bond donors (Lipinski definition) is 1. The van der Waals surface area contributed by atoms with E-state index in [0.717, 1.165) is 17.2 Å². The maximum Gasteiger partial charge on any atom is 0.254 e. The highest BCUT2D eigenvalue weighted by Gasteiger charge is 2.24. The number of carbonyl (C=O) groups is 1. The number of nitrogens with zero attached hydrogens (tertiary/aromatic N) is 4. The average molecular weight is 271 g/mol. The number of anilines is 1. The minimum atomic E-state index is 0.00158. The first kappa shape index (κ1) is 12.7. The van der Waals surface area contributed by atoms with Crippen molar-refractivity contribution < 1.29 is 4.79 Å². The second kappa shape index (κ2) is 4.63. The zero-order chi connectivity index (χ0) is 14.3. The van der Waals surface area contributed by atoms with Gasteiger partial charge < -0.3 is 10.6 Å². The molecule has 0 radical (unpaired) electrons. The molecule has 1 aliphatic rings. The highest BCUT2D eigenvalue weighted by Crippen LogP contribution is 2.18. The molecule has 0 saturated carbocycles. The third-order valence-electron chi connectivity index (χ3n) is 3.55. The number of aryl methyl sites for hydroxylation is 2. The molecule has 0 saturated heterocycles. The van der Waals surface area contributed by atoms with E-state index in [-0.39, 0.29) is 5.91 Å². The Balaban J connectivity index is 1.87. The van der Waals surface area contributed by atoms with Gasteiger partial charge in [0.05, 0.1) is 13.1 Å². The zero-order valence-corrected chi connectivity index (χ0v) is 11.6. The van der Waals surface area contributed by atoms with Gasteiger partial charge in [0.25, 0.3) is 5.91 Å². The number of rotatable bonds is 1. The van der Waals surface area contributed by atoms with Crippen LogP contribution in [0.15, 0.2) is 18.2 Å². The SMILES string of the molecule is Cc1nc2n(n1)CCN(C(=O)c1cc(N)ccc1C)C2. The predicted molar refractivity (Wildman–Crippen MR) is 75.1 cm³/mol. The van der Waals surface area contributed by atoms with Gasteiger partial charge in [-0.25, -0.2) is 9.67 Å². The maximum atomic E-state index is 12.6. The van der Waals surface area contributed by atoms with Crippen LogP contribution < -0.4 is 5.73 Å². The number of aromatic nitrogens is 3. The van der Waals surface area contributed by atoms with Crippen molar-refractivity contribution in [3.63, 3.8) is 0 Å². The molecule has 104 valence electrons. The molecule has 3 rings (SSSR count). The molecule has 6 heteroatoms. The van der Waals surface area contributed by atoms with E-state index in [2.05, 4.69) is 10.1 Å². The van der Waals surface area contributed by atoms with Crippen molar-refractivity contribution in [1.82, 2.24) is 19.7 Å². The van der Waals surface area contributed by atoms with E-state index in [4.69, 9.17) is 5.73 Å². The Morgan fingerprint density at radius 2 is 2.10 bits per heavy atom. The minimum absolute atomic E-state index is 0.00158. The smallest absolute Gasteiger partial charge is 0.254 e. The fourth-order valence-electron chi connectivity index (χ4n) is 2.47. The van der Waals surface area contributed by atoms with Crippen LogP contribution in [-0.4, -0.2) is 32.1 Å². The van der Waals surface area contributed by atoms with Crippen LogP contribution >= 0.6 is 0 Å². The van der Waals surface area contributed by atoms with Crippen molar-refractivity contribution in [2.24, 2.45) is 0 Å². The molecule has 1 aromatic carbocycles. The Hall–Kier alpha value is -2.37. The fourth-order valence-corrected chi connectivity index (χ4v) is 2.47. The van der Waals surface area contributed by atoms with E-state index < -0.39 is 0 Å². The zero-order valence-electron chi connectivity index (χ0n) is 11.6. The second-order valence-corrected chi connectivity index (χ2v) is 5.10. The van der Waals surface area contributed by atoms with Gasteiger partial charge in [-0.05, 0) is 31.5 Å². The largest absolute Gasteiger partial charge is 0.399 e. The predicted octanol–water partition coefficient (Wildman–Crippen LogP) is 1.13. The summed E-state index contributed by atoms with van der Waals surface area (Å²) in [4.78, 5) is 18.7. The molecule has 2 heterocycles. The van der Waals surface area contributed by atoms with E-state index in [1.165, 1.54) is 0 Å². The molecule has 2 N–H and O–H groups in total. The van der Waals surface area contributed by atoms with Gasteiger partial charge in [-0.15, -0.1) is 0 Å². The second-order valence-electron chi connectivity index (χ2n) is 5.10. The van der Waals surface area contributed by atoms with Crippen LogP contribution in [0.3, 0.4) is 0 Å². The van der Waals surface area contributed by atoms with Crippen LogP contribution in [0.1, 0.15) is 27.6 Å². The van der Waals surface area contributed by atoms with Crippen LogP contribution in [0.25, 0.3) is 0 Å². The molecular weight excluding hydrogens is 254 g/mol. The first-order chi connectivity index (χ1) is 9.54. The van der Waals surface area contributed by atoms with Crippen molar-refractivity contribution >= 4 is 11.6 Å². The first-order valence-electron chi connectivity index (χ1n) is 6.60. The molecule has 2 aromatic rings. The highest BCUT2D eigenvalue weighted by molar-refractivity contribution is 5.96. The third-order valence-corrected chi connectivity index (χ3v) is 3.55. The Kier molecular flexibility index (Phi) is 2.93. The summed E-state index contributed by atoms with van der Waals surface area (Å²) in [5.74, 6) is 1.58. The Morgan fingerprint density at radius 3 is 2.90 bits per heavy atom. The highest BCUT2D eigenvalue weighted by atomic mass is 16.2. The number of hydrogen-bond acceptors (Lipinski definition) is 4. The van der Waals surface area contributed by atoms with Crippen molar-refractivity contribution in [2.75, 3.05) is 12.3 Å². The summed E-state index contributed by atoms with van der Waals surface area (Å²) in [6.45, 7) is 5.60. The van der Waals surface area contributed by atoms with Crippen molar-refractivity contribution in [2.45, 2.75) is 26.9 Å². The lowest BCUT2D eigenvalue weighted by Gasteiger charge is -2.27. The molecule has 20 heavy (non-hydrogen) atoms. The van der Waals surface area contributed by atoms with Crippen LogP contribution in [0.2, 0.25) is 0 Å². The molecule has 1 aromatic heterocycles. The lowest BCUT2D eigenvalue weighted by molar-refractivity contribution is 0.0702. The summed E-state index contributed by atoms with van der Waals surface area (Å²) in [5.41, 5.74) is 7.98. The normalized spacial score (nSPS) is 14.2. The standard InChI is InChI=1S/C14H17N5O/c1-9-3-4-11(15)7-12(9)14(20)18-5-6-19-13(8-18)16-10(2)17-19/h3-4,7H,5-6,8,15H2,1-2H3. The number of benzene rings is 1. The van der Waals surface area contributed by atoms with Crippen molar-refractivity contribution in [1.29, 1.82) is 0 Å². The molecule has 0 unspecified atom stereocenters. The van der Waals surface area contributed by atoms with E-state index in [0.29, 0.717) is 30.9 Å². The fraction of sp³-hybridized carbons (Fsp3) is 0.357. The molecule has 6 nitrogen and oxygen atoms in total. The number of amides is 1. The maximum absolute atomic E-state index is 12.6. The number of carbonyl (C=O) groups excluding carboxylic acids is 1. The summed E-state index contributed by atoms with van der Waals surface area (Å²) >= 11 is 0. The minimum Gasteiger partial charge on any atom is -0.399 e. The van der Waals surface area contributed by atoms with Gasteiger partial charge in [0, 0.05) is 17.8 Å². The molecule has 0 aliphatic carbocycles. The summed E-state index contributed by atoms with van der Waals surface area (Å²) < 4.78 is 1.87. The van der Waals surface area contributed by atoms with Crippen molar-refractivity contribution in [3.8, 4) is 0 Å². The number of nitrogens with two attached hydrogens (primary N) is 1. The number of fused-ring (bicyclic) bond motifs is 1.